The van der Waals surface area contributed by atoms with E-state index in [2.05, 4.69) is 5.32 Å². The third kappa shape index (κ3) is 3.46. The highest BCUT2D eigenvalue weighted by Gasteiger charge is 2.34. The maximum Gasteiger partial charge on any atom is 0.263 e. The van der Waals surface area contributed by atoms with Gasteiger partial charge in [0.1, 0.15) is 5.69 Å². The molecule has 1 atom stereocenters. The van der Waals surface area contributed by atoms with Gasteiger partial charge in [-0.1, -0.05) is 12.1 Å². The maximum absolute atomic E-state index is 13.0. The van der Waals surface area contributed by atoms with Crippen LogP contribution >= 0.6 is 0 Å². The molecule has 0 aromatic heterocycles. The average molecular weight is 371 g/mol. The molecule has 0 saturated carbocycles. The lowest BCUT2D eigenvalue weighted by Gasteiger charge is -2.17. The van der Waals surface area contributed by atoms with Gasteiger partial charge in [0, 0.05) is 36.9 Å². The lowest BCUT2D eigenvalue weighted by atomic mass is 10.1. The van der Waals surface area contributed by atoms with E-state index >= 15 is 0 Å². The number of fused-ring (bicyclic) bond motifs is 2. The molecule has 0 radical (unpaired) electrons. The summed E-state index contributed by atoms with van der Waals surface area (Å²) in [4.78, 5) is 29.6. The number of rotatable bonds is 4. The van der Waals surface area contributed by atoms with Crippen molar-refractivity contribution in [3.8, 4) is 0 Å². The van der Waals surface area contributed by atoms with Crippen molar-refractivity contribution in [3.05, 3.63) is 53.6 Å². The van der Waals surface area contributed by atoms with Crippen LogP contribution in [-0.2, 0) is 11.2 Å². The molecule has 0 aliphatic carbocycles. The Morgan fingerprint density at radius 2 is 1.92 bits per heavy atom. The van der Waals surface area contributed by atoms with Gasteiger partial charge in [0.2, 0.25) is 0 Å². The van der Waals surface area contributed by atoms with Crippen molar-refractivity contribution in [3.63, 3.8) is 0 Å². The first-order chi connectivity index (χ1) is 12.4. The molecule has 136 valence electrons. The molecule has 1 aliphatic heterocycles. The Balaban J connectivity index is 1.94. The van der Waals surface area contributed by atoms with Crippen molar-refractivity contribution in [2.45, 2.75) is 9.79 Å². The predicted molar refractivity (Wildman–Crippen MR) is 101 cm³/mol. The van der Waals surface area contributed by atoms with Gasteiger partial charge >= 0.3 is 0 Å². The standard InChI is InChI=1S/C19H21N3O3S/c1-21(2)11-10-20-18(23)13-8-9-17-15(12-13)22(3)19(24)14-6-4-5-7-16(14)26(17)25/h4-9,12H,10-11H2,1-3H3,(H,20,23). The molecule has 2 aromatic rings. The number of nitrogens with zero attached hydrogens (tertiary/aromatic N) is 2. The van der Waals surface area contributed by atoms with Crippen LogP contribution in [0.3, 0.4) is 0 Å². The van der Waals surface area contributed by atoms with E-state index in [0.29, 0.717) is 33.2 Å². The molecule has 3 rings (SSSR count). The number of hydrogen-bond acceptors (Lipinski definition) is 4. The topological polar surface area (TPSA) is 75.7 Å². The van der Waals surface area contributed by atoms with Crippen molar-refractivity contribution in [2.24, 2.45) is 0 Å². The molecule has 0 spiro atoms. The third-order valence-electron chi connectivity index (χ3n) is 4.25. The molecule has 26 heavy (non-hydrogen) atoms. The zero-order valence-electron chi connectivity index (χ0n) is 15.0. The van der Waals surface area contributed by atoms with Crippen molar-refractivity contribution in [1.82, 2.24) is 10.2 Å². The van der Waals surface area contributed by atoms with Crippen LogP contribution in [-0.4, -0.2) is 55.5 Å². The summed E-state index contributed by atoms with van der Waals surface area (Å²) in [6.45, 7) is 1.25. The number of hydrogen-bond donors (Lipinski definition) is 1. The third-order valence-corrected chi connectivity index (χ3v) is 5.75. The number of nitrogens with one attached hydrogen (secondary N) is 1. The number of carbonyl (C=O) groups excluding carboxylic acids is 2. The predicted octanol–water partition coefficient (Wildman–Crippen LogP) is 1.73. The quantitative estimate of drug-likeness (QED) is 0.831. The average Bonchev–Trinajstić information content (AvgIpc) is 2.72. The number of likely N-dealkylation sites (N-methyl/N-ethyl adjacent to an activating group) is 1. The van der Waals surface area contributed by atoms with Crippen molar-refractivity contribution >= 4 is 28.7 Å². The van der Waals surface area contributed by atoms with E-state index in [1.807, 2.05) is 19.0 Å². The van der Waals surface area contributed by atoms with Crippen LogP contribution in [0.25, 0.3) is 0 Å². The minimum Gasteiger partial charge on any atom is -0.606 e. The Bertz CT molecular complexity index is 854. The summed E-state index contributed by atoms with van der Waals surface area (Å²) in [6, 6.07) is 11.8. The molecule has 0 saturated heterocycles. The molecule has 1 unspecified atom stereocenters. The molecule has 0 fully saturated rings. The van der Waals surface area contributed by atoms with E-state index in [0.717, 1.165) is 6.54 Å². The first kappa shape index (κ1) is 18.4. The molecule has 2 amide bonds. The Morgan fingerprint density at radius 3 is 2.65 bits per heavy atom. The minimum absolute atomic E-state index is 0.219. The minimum atomic E-state index is -1.48. The van der Waals surface area contributed by atoms with E-state index in [-0.39, 0.29) is 11.8 Å². The molecule has 7 heteroatoms. The Kier molecular flexibility index (Phi) is 5.31. The second-order valence-electron chi connectivity index (χ2n) is 6.37. The largest absolute Gasteiger partial charge is 0.606 e. The lowest BCUT2D eigenvalue weighted by Crippen LogP contribution is -2.31. The van der Waals surface area contributed by atoms with Crippen LogP contribution < -0.4 is 10.2 Å². The van der Waals surface area contributed by atoms with E-state index in [4.69, 9.17) is 0 Å². The second kappa shape index (κ2) is 7.49. The van der Waals surface area contributed by atoms with Gasteiger partial charge in [-0.05, 0) is 44.4 Å². The molecule has 1 heterocycles. The SMILES string of the molecule is CN(C)CCNC(=O)c1ccc2c(c1)N(C)C(=O)c1ccccc1[S+]2[O-]. The van der Waals surface area contributed by atoms with Crippen molar-refractivity contribution < 1.29 is 14.1 Å². The van der Waals surface area contributed by atoms with Gasteiger partial charge in [-0.15, -0.1) is 0 Å². The van der Waals surface area contributed by atoms with Crippen LogP contribution in [0.2, 0.25) is 0 Å². The Hall–Kier alpha value is -2.35. The fraction of sp³-hybridized carbons (Fsp3) is 0.263. The highest BCUT2D eigenvalue weighted by atomic mass is 32.2. The van der Waals surface area contributed by atoms with Gasteiger partial charge in [-0.3, -0.25) is 9.59 Å². The zero-order valence-corrected chi connectivity index (χ0v) is 15.8. The number of carbonyl (C=O) groups is 2. The first-order valence-corrected chi connectivity index (χ1v) is 9.41. The van der Waals surface area contributed by atoms with Gasteiger partial charge in [0.05, 0.1) is 5.56 Å². The Morgan fingerprint density at radius 1 is 1.19 bits per heavy atom. The van der Waals surface area contributed by atoms with Crippen molar-refractivity contribution in [1.29, 1.82) is 0 Å². The van der Waals surface area contributed by atoms with Crippen LogP contribution in [0.1, 0.15) is 20.7 Å². The lowest BCUT2D eigenvalue weighted by molar-refractivity contribution is 0.0948. The maximum atomic E-state index is 13.0. The summed E-state index contributed by atoms with van der Waals surface area (Å²) in [5.41, 5.74) is 1.34. The molecule has 2 aromatic carbocycles. The fourth-order valence-corrected chi connectivity index (χ4v) is 4.16. The molecular weight excluding hydrogens is 350 g/mol. The summed E-state index contributed by atoms with van der Waals surface area (Å²) in [6.07, 6.45) is 0. The number of benzene rings is 2. The van der Waals surface area contributed by atoms with Crippen LogP contribution in [0.15, 0.2) is 52.3 Å². The summed E-state index contributed by atoms with van der Waals surface area (Å²) in [5.74, 6) is -0.457. The molecule has 6 nitrogen and oxygen atoms in total. The van der Waals surface area contributed by atoms with Crippen molar-refractivity contribution in [2.75, 3.05) is 39.1 Å². The van der Waals surface area contributed by atoms with Gasteiger partial charge in [0.25, 0.3) is 11.8 Å². The van der Waals surface area contributed by atoms with Crippen LogP contribution in [0.5, 0.6) is 0 Å². The van der Waals surface area contributed by atoms with Crippen LogP contribution in [0.4, 0.5) is 5.69 Å². The number of amides is 2. The van der Waals surface area contributed by atoms with Gasteiger partial charge in [0.15, 0.2) is 9.79 Å². The fourth-order valence-electron chi connectivity index (χ4n) is 2.79. The highest BCUT2D eigenvalue weighted by molar-refractivity contribution is 7.91. The van der Waals surface area contributed by atoms with Gasteiger partial charge in [-0.25, -0.2) is 0 Å². The monoisotopic (exact) mass is 371 g/mol. The molecule has 1 aliphatic rings. The first-order valence-electron chi connectivity index (χ1n) is 8.26. The summed E-state index contributed by atoms with van der Waals surface area (Å²) >= 11 is -1.48. The summed E-state index contributed by atoms with van der Waals surface area (Å²) < 4.78 is 13.0. The number of anilines is 1. The second-order valence-corrected chi connectivity index (χ2v) is 7.79. The van der Waals surface area contributed by atoms with E-state index in [1.165, 1.54) is 4.90 Å². The normalized spacial score (nSPS) is 16.1. The van der Waals surface area contributed by atoms with Gasteiger partial charge < -0.3 is 19.7 Å². The highest BCUT2D eigenvalue weighted by Crippen LogP contribution is 2.36. The molecule has 1 N–H and O–H groups in total. The Labute approximate surface area is 156 Å². The summed E-state index contributed by atoms with van der Waals surface area (Å²) in [5, 5.41) is 2.85. The smallest absolute Gasteiger partial charge is 0.263 e. The summed E-state index contributed by atoms with van der Waals surface area (Å²) in [7, 11) is 5.50. The molecular formula is C19H21N3O3S. The van der Waals surface area contributed by atoms with E-state index in [1.54, 1.807) is 49.5 Å². The zero-order chi connectivity index (χ0) is 18.8. The van der Waals surface area contributed by atoms with E-state index in [9.17, 15) is 14.1 Å². The van der Waals surface area contributed by atoms with Crippen LogP contribution in [0, 0.1) is 0 Å². The van der Waals surface area contributed by atoms with E-state index < -0.39 is 11.2 Å². The van der Waals surface area contributed by atoms with Gasteiger partial charge in [-0.2, -0.15) is 0 Å². The molecule has 0 bridgehead atoms.